The van der Waals surface area contributed by atoms with Crippen LogP contribution in [0.1, 0.15) is 20.3 Å². The highest BCUT2D eigenvalue weighted by molar-refractivity contribution is 14.1. The van der Waals surface area contributed by atoms with Crippen molar-refractivity contribution in [1.82, 2.24) is 18.2 Å². The Hall–Kier alpha value is -0.0100. The van der Waals surface area contributed by atoms with Crippen LogP contribution in [0, 0.1) is 0 Å². The van der Waals surface area contributed by atoms with Crippen molar-refractivity contribution in [3.05, 3.63) is 12.4 Å². The summed E-state index contributed by atoms with van der Waals surface area (Å²) in [6.07, 6.45) is 6.31. The Kier molecular flexibility index (Phi) is 3.42. The zero-order valence-corrected chi connectivity index (χ0v) is 11.7. The number of nitrogens with one attached hydrogen (secondary N) is 1. The summed E-state index contributed by atoms with van der Waals surface area (Å²) in [7, 11) is 2.20. The number of hydrogen-bond donors (Lipinski definition) is 1. The van der Waals surface area contributed by atoms with Gasteiger partial charge >= 0.3 is 0 Å². The molecule has 0 aromatic rings. The van der Waals surface area contributed by atoms with Crippen LogP contribution in [0.25, 0.3) is 0 Å². The molecule has 4 nitrogen and oxygen atoms in total. The maximum atomic E-state index is 3.66. The van der Waals surface area contributed by atoms with E-state index >= 15 is 0 Å². The van der Waals surface area contributed by atoms with Crippen molar-refractivity contribution in [2.24, 2.45) is 0 Å². The summed E-state index contributed by atoms with van der Waals surface area (Å²) in [5.74, 6) is 0. The van der Waals surface area contributed by atoms with Gasteiger partial charge in [-0.25, -0.2) is 0 Å². The molecule has 1 saturated heterocycles. The number of fused-ring (bicyclic) bond motifs is 1. The predicted molar refractivity (Wildman–Crippen MR) is 69.9 cm³/mol. The van der Waals surface area contributed by atoms with Gasteiger partial charge in [0.1, 0.15) is 6.17 Å². The highest BCUT2D eigenvalue weighted by atomic mass is 127. The van der Waals surface area contributed by atoms with Gasteiger partial charge in [-0.15, -0.1) is 0 Å². The first kappa shape index (κ1) is 11.5. The van der Waals surface area contributed by atoms with E-state index in [-0.39, 0.29) is 0 Å². The minimum Gasteiger partial charge on any atom is -0.326 e. The van der Waals surface area contributed by atoms with Crippen molar-refractivity contribution in [3.8, 4) is 0 Å². The summed E-state index contributed by atoms with van der Waals surface area (Å²) in [6, 6.07) is 0.558. The second kappa shape index (κ2) is 4.47. The molecule has 1 N–H and O–H groups in total. The molecular formula is C10H19IN4. The Labute approximate surface area is 106 Å². The first-order valence-corrected chi connectivity index (χ1v) is 6.51. The smallest absolute Gasteiger partial charge is 0.167 e. The lowest BCUT2D eigenvalue weighted by molar-refractivity contribution is 0.104. The third-order valence-electron chi connectivity index (χ3n) is 3.32. The Morgan fingerprint density at radius 1 is 1.40 bits per heavy atom. The fourth-order valence-corrected chi connectivity index (χ4v) is 2.95. The highest BCUT2D eigenvalue weighted by Gasteiger charge is 2.43. The third-order valence-corrected chi connectivity index (χ3v) is 4.17. The number of rotatable bonds is 3. The molecule has 15 heavy (non-hydrogen) atoms. The SMILES string of the molecule is CCC1NC2N(I)C=CN2C1N(C)CC. The lowest BCUT2D eigenvalue weighted by atomic mass is 10.1. The van der Waals surface area contributed by atoms with Gasteiger partial charge in [-0.05, 0) is 20.0 Å². The molecule has 2 rings (SSSR count). The van der Waals surface area contributed by atoms with Gasteiger partial charge in [-0.3, -0.25) is 13.3 Å². The van der Waals surface area contributed by atoms with Crippen molar-refractivity contribution in [2.45, 2.75) is 38.8 Å². The molecule has 0 saturated carbocycles. The third kappa shape index (κ3) is 1.85. The van der Waals surface area contributed by atoms with Crippen LogP contribution in [0.5, 0.6) is 0 Å². The van der Waals surface area contributed by atoms with Crippen molar-refractivity contribution < 1.29 is 0 Å². The predicted octanol–water partition coefficient (Wildman–Crippen LogP) is 1.37. The normalized spacial score (nSPS) is 34.3. The Morgan fingerprint density at radius 3 is 2.73 bits per heavy atom. The second-order valence-corrected chi connectivity index (χ2v) is 5.25. The topological polar surface area (TPSA) is 21.8 Å². The maximum Gasteiger partial charge on any atom is 0.167 e. The molecule has 3 unspecified atom stereocenters. The Morgan fingerprint density at radius 2 is 2.13 bits per heavy atom. The van der Waals surface area contributed by atoms with Gasteiger partial charge in [-0.2, -0.15) is 0 Å². The average Bonchev–Trinajstić information content (AvgIpc) is 2.77. The van der Waals surface area contributed by atoms with E-state index in [2.05, 4.69) is 74.4 Å². The zero-order valence-electron chi connectivity index (χ0n) is 9.52. The Balaban J connectivity index is 2.16. The lowest BCUT2D eigenvalue weighted by Gasteiger charge is -2.33. The molecule has 0 aromatic heterocycles. The van der Waals surface area contributed by atoms with Gasteiger partial charge in [0, 0.05) is 18.4 Å². The van der Waals surface area contributed by atoms with Gasteiger partial charge in [-0.1, -0.05) is 13.8 Å². The monoisotopic (exact) mass is 322 g/mol. The fourth-order valence-electron chi connectivity index (χ4n) is 2.36. The molecule has 0 bridgehead atoms. The van der Waals surface area contributed by atoms with E-state index in [0.29, 0.717) is 18.5 Å². The van der Waals surface area contributed by atoms with Crippen LogP contribution in [0.4, 0.5) is 0 Å². The standard InChI is InChI=1S/C10H19IN4/c1-4-8-9(13(3)5-2)14-6-7-15(11)10(14)12-8/h6-10,12H,4-5H2,1-3H3. The number of likely N-dealkylation sites (N-methyl/N-ethyl adjacent to an activating group) is 1. The van der Waals surface area contributed by atoms with Crippen LogP contribution >= 0.6 is 22.9 Å². The van der Waals surface area contributed by atoms with Gasteiger partial charge in [0.15, 0.2) is 6.29 Å². The van der Waals surface area contributed by atoms with E-state index < -0.39 is 0 Å². The van der Waals surface area contributed by atoms with Crippen molar-refractivity contribution in [2.75, 3.05) is 13.6 Å². The summed E-state index contributed by atoms with van der Waals surface area (Å²) in [5.41, 5.74) is 0. The van der Waals surface area contributed by atoms with E-state index in [1.807, 2.05) is 0 Å². The van der Waals surface area contributed by atoms with Gasteiger partial charge in [0.2, 0.25) is 0 Å². The summed E-state index contributed by atoms with van der Waals surface area (Å²) in [4.78, 5) is 4.81. The molecule has 0 spiro atoms. The van der Waals surface area contributed by atoms with E-state index in [1.54, 1.807) is 0 Å². The second-order valence-electron chi connectivity index (χ2n) is 4.13. The molecule has 3 atom stereocenters. The number of halogens is 1. The van der Waals surface area contributed by atoms with E-state index in [1.165, 1.54) is 6.42 Å². The number of nitrogens with zero attached hydrogens (tertiary/aromatic N) is 3. The average molecular weight is 322 g/mol. The molecule has 2 heterocycles. The molecule has 5 heteroatoms. The molecular weight excluding hydrogens is 303 g/mol. The fraction of sp³-hybridized carbons (Fsp3) is 0.800. The van der Waals surface area contributed by atoms with Crippen LogP contribution in [-0.4, -0.2) is 45.0 Å². The molecule has 1 fully saturated rings. The van der Waals surface area contributed by atoms with Gasteiger partial charge in [0.05, 0.1) is 22.9 Å². The minimum absolute atomic E-state index is 0.342. The van der Waals surface area contributed by atoms with Crippen LogP contribution in [0.3, 0.4) is 0 Å². The van der Waals surface area contributed by atoms with Gasteiger partial charge < -0.3 is 4.90 Å². The highest BCUT2D eigenvalue weighted by Crippen LogP contribution is 2.30. The summed E-state index contributed by atoms with van der Waals surface area (Å²) < 4.78 is 2.20. The van der Waals surface area contributed by atoms with Gasteiger partial charge in [0.25, 0.3) is 0 Å². The zero-order chi connectivity index (χ0) is 11.0. The van der Waals surface area contributed by atoms with Crippen LogP contribution in [0.15, 0.2) is 12.4 Å². The summed E-state index contributed by atoms with van der Waals surface area (Å²) >= 11 is 2.34. The van der Waals surface area contributed by atoms with E-state index in [9.17, 15) is 0 Å². The quantitative estimate of drug-likeness (QED) is 0.626. The van der Waals surface area contributed by atoms with Crippen LogP contribution in [0.2, 0.25) is 0 Å². The first-order chi connectivity index (χ1) is 7.19. The van der Waals surface area contributed by atoms with Crippen LogP contribution < -0.4 is 5.32 Å². The Bertz CT molecular complexity index is 258. The largest absolute Gasteiger partial charge is 0.326 e. The molecule has 0 aliphatic carbocycles. The molecule has 2 aliphatic rings. The van der Waals surface area contributed by atoms with Crippen molar-refractivity contribution >= 4 is 22.9 Å². The first-order valence-electron chi connectivity index (χ1n) is 5.55. The van der Waals surface area contributed by atoms with Crippen molar-refractivity contribution in [3.63, 3.8) is 0 Å². The molecule has 0 aromatic carbocycles. The molecule has 86 valence electrons. The lowest BCUT2D eigenvalue weighted by Crippen LogP contribution is -2.46. The molecule has 2 aliphatic heterocycles. The summed E-state index contributed by atoms with van der Waals surface area (Å²) in [6.45, 7) is 5.54. The number of hydrogen-bond acceptors (Lipinski definition) is 4. The van der Waals surface area contributed by atoms with E-state index in [4.69, 9.17) is 0 Å². The van der Waals surface area contributed by atoms with E-state index in [0.717, 1.165) is 6.54 Å². The molecule has 0 amide bonds. The van der Waals surface area contributed by atoms with Crippen molar-refractivity contribution in [1.29, 1.82) is 0 Å². The molecule has 0 radical (unpaired) electrons. The maximum absolute atomic E-state index is 3.66. The summed E-state index contributed by atoms with van der Waals surface area (Å²) in [5, 5.41) is 3.66. The van der Waals surface area contributed by atoms with Crippen LogP contribution in [-0.2, 0) is 0 Å². The minimum atomic E-state index is 0.342.